The van der Waals surface area contributed by atoms with Gasteiger partial charge in [0.25, 0.3) is 0 Å². The summed E-state index contributed by atoms with van der Waals surface area (Å²) in [5, 5.41) is 3.19. The molecule has 1 atom stereocenters. The molecule has 1 unspecified atom stereocenters. The Morgan fingerprint density at radius 3 is 2.41 bits per heavy atom. The first-order valence-corrected chi connectivity index (χ1v) is 12.3. The SMILES string of the molecule is COc1ccc(CCC(=O)N(Cc2cccc(C)c2)C(C)C(=O)NC2CCCCC2)cc1OC. The smallest absolute Gasteiger partial charge is 0.242 e. The van der Waals surface area contributed by atoms with Crippen LogP contribution >= 0.6 is 0 Å². The Morgan fingerprint density at radius 1 is 1.00 bits per heavy atom. The van der Waals surface area contributed by atoms with Crippen molar-refractivity contribution in [1.29, 1.82) is 0 Å². The molecule has 0 spiro atoms. The van der Waals surface area contributed by atoms with E-state index in [1.807, 2.05) is 50.2 Å². The molecule has 184 valence electrons. The van der Waals surface area contributed by atoms with Crippen LogP contribution < -0.4 is 14.8 Å². The molecule has 6 nitrogen and oxygen atoms in total. The van der Waals surface area contributed by atoms with Crippen LogP contribution in [0.25, 0.3) is 0 Å². The fourth-order valence-corrected chi connectivity index (χ4v) is 4.59. The van der Waals surface area contributed by atoms with E-state index < -0.39 is 6.04 Å². The maximum absolute atomic E-state index is 13.4. The van der Waals surface area contributed by atoms with Crippen molar-refractivity contribution in [3.63, 3.8) is 0 Å². The number of hydrogen-bond acceptors (Lipinski definition) is 4. The first kappa shape index (κ1) is 25.6. The van der Waals surface area contributed by atoms with Gasteiger partial charge in [-0.05, 0) is 56.4 Å². The fourth-order valence-electron chi connectivity index (χ4n) is 4.59. The number of benzene rings is 2. The predicted molar refractivity (Wildman–Crippen MR) is 134 cm³/mol. The maximum atomic E-state index is 13.4. The summed E-state index contributed by atoms with van der Waals surface area (Å²) in [4.78, 5) is 28.2. The monoisotopic (exact) mass is 466 g/mol. The van der Waals surface area contributed by atoms with Gasteiger partial charge in [-0.1, -0.05) is 55.2 Å². The summed E-state index contributed by atoms with van der Waals surface area (Å²) >= 11 is 0. The molecule has 0 saturated heterocycles. The molecule has 34 heavy (non-hydrogen) atoms. The van der Waals surface area contributed by atoms with E-state index in [0.717, 1.165) is 42.4 Å². The van der Waals surface area contributed by atoms with E-state index in [2.05, 4.69) is 11.4 Å². The predicted octanol–water partition coefficient (Wildman–Crippen LogP) is 4.81. The van der Waals surface area contributed by atoms with Crippen LogP contribution in [0.5, 0.6) is 11.5 Å². The molecule has 0 heterocycles. The second-order valence-corrected chi connectivity index (χ2v) is 9.22. The minimum Gasteiger partial charge on any atom is -0.493 e. The summed E-state index contributed by atoms with van der Waals surface area (Å²) in [6.07, 6.45) is 6.43. The van der Waals surface area contributed by atoms with Crippen molar-refractivity contribution in [3.05, 3.63) is 59.2 Å². The molecule has 1 aliphatic carbocycles. The van der Waals surface area contributed by atoms with Gasteiger partial charge in [0.15, 0.2) is 11.5 Å². The number of ether oxygens (including phenoxy) is 2. The Morgan fingerprint density at radius 2 is 1.74 bits per heavy atom. The minimum absolute atomic E-state index is 0.0393. The molecule has 2 amide bonds. The molecule has 1 saturated carbocycles. The highest BCUT2D eigenvalue weighted by Crippen LogP contribution is 2.28. The first-order valence-electron chi connectivity index (χ1n) is 12.3. The van der Waals surface area contributed by atoms with Crippen molar-refractivity contribution < 1.29 is 19.1 Å². The van der Waals surface area contributed by atoms with Crippen molar-refractivity contribution in [1.82, 2.24) is 10.2 Å². The lowest BCUT2D eigenvalue weighted by atomic mass is 9.95. The number of carbonyl (C=O) groups excluding carboxylic acids is 2. The van der Waals surface area contributed by atoms with Gasteiger partial charge in [0.1, 0.15) is 6.04 Å². The molecule has 0 bridgehead atoms. The molecule has 2 aromatic carbocycles. The number of rotatable bonds is 10. The third-order valence-electron chi connectivity index (χ3n) is 6.63. The number of carbonyl (C=O) groups is 2. The number of hydrogen-bond donors (Lipinski definition) is 1. The van der Waals surface area contributed by atoms with E-state index in [0.29, 0.717) is 30.9 Å². The Labute approximate surface area is 203 Å². The zero-order valence-electron chi connectivity index (χ0n) is 20.9. The van der Waals surface area contributed by atoms with E-state index in [-0.39, 0.29) is 17.9 Å². The molecule has 0 aliphatic heterocycles. The second kappa shape index (κ2) is 12.4. The van der Waals surface area contributed by atoms with E-state index >= 15 is 0 Å². The van der Waals surface area contributed by atoms with Crippen molar-refractivity contribution in [2.75, 3.05) is 14.2 Å². The van der Waals surface area contributed by atoms with Crippen molar-refractivity contribution in [2.45, 2.75) is 77.4 Å². The number of amides is 2. The van der Waals surface area contributed by atoms with Gasteiger partial charge in [-0.3, -0.25) is 9.59 Å². The van der Waals surface area contributed by atoms with Gasteiger partial charge in [-0.2, -0.15) is 0 Å². The summed E-state index contributed by atoms with van der Waals surface area (Å²) in [5.41, 5.74) is 3.15. The minimum atomic E-state index is -0.541. The molecule has 0 aromatic heterocycles. The summed E-state index contributed by atoms with van der Waals surface area (Å²) in [6.45, 7) is 4.28. The summed E-state index contributed by atoms with van der Waals surface area (Å²) < 4.78 is 10.7. The van der Waals surface area contributed by atoms with Crippen LogP contribution in [0.4, 0.5) is 0 Å². The third-order valence-corrected chi connectivity index (χ3v) is 6.63. The quantitative estimate of drug-likeness (QED) is 0.546. The molecular weight excluding hydrogens is 428 g/mol. The first-order chi connectivity index (χ1) is 16.4. The molecule has 0 radical (unpaired) electrons. The van der Waals surface area contributed by atoms with E-state index in [4.69, 9.17) is 9.47 Å². The number of methoxy groups -OCH3 is 2. The lowest BCUT2D eigenvalue weighted by Crippen LogP contribution is -2.50. The molecule has 2 aromatic rings. The van der Waals surface area contributed by atoms with Crippen molar-refractivity contribution in [2.24, 2.45) is 0 Å². The molecular formula is C28H38N2O4. The van der Waals surface area contributed by atoms with Crippen LogP contribution in [0, 0.1) is 6.92 Å². The number of aryl methyl sites for hydroxylation is 2. The van der Waals surface area contributed by atoms with Crippen molar-refractivity contribution >= 4 is 11.8 Å². The average molecular weight is 467 g/mol. The zero-order valence-corrected chi connectivity index (χ0v) is 20.9. The van der Waals surface area contributed by atoms with Crippen molar-refractivity contribution in [3.8, 4) is 11.5 Å². The van der Waals surface area contributed by atoms with Crippen LogP contribution in [0.1, 0.15) is 62.1 Å². The Hall–Kier alpha value is -3.02. The molecule has 6 heteroatoms. The van der Waals surface area contributed by atoms with Crippen LogP contribution in [0.3, 0.4) is 0 Å². The van der Waals surface area contributed by atoms with Crippen LogP contribution in [0.2, 0.25) is 0 Å². The van der Waals surface area contributed by atoms with E-state index in [1.54, 1.807) is 19.1 Å². The Kier molecular flexibility index (Phi) is 9.37. The van der Waals surface area contributed by atoms with Crippen LogP contribution in [-0.4, -0.2) is 43.0 Å². The average Bonchev–Trinajstić information content (AvgIpc) is 2.85. The standard InChI is InChI=1S/C28H38N2O4/c1-20-9-8-10-23(17-20)19-30(21(2)28(32)29-24-11-6-5-7-12-24)27(31)16-14-22-13-15-25(33-3)26(18-22)34-4/h8-10,13,15,17-18,21,24H,5-7,11-12,14,16,19H2,1-4H3,(H,29,32). The number of nitrogens with one attached hydrogen (secondary N) is 1. The highest BCUT2D eigenvalue weighted by atomic mass is 16.5. The molecule has 1 N–H and O–H groups in total. The zero-order chi connectivity index (χ0) is 24.5. The van der Waals surface area contributed by atoms with Gasteiger partial charge in [0, 0.05) is 19.0 Å². The molecule has 3 rings (SSSR count). The summed E-state index contributed by atoms with van der Waals surface area (Å²) in [5.74, 6) is 1.19. The highest BCUT2D eigenvalue weighted by Gasteiger charge is 2.28. The lowest BCUT2D eigenvalue weighted by molar-refractivity contribution is -0.141. The normalized spacial score (nSPS) is 14.8. The van der Waals surface area contributed by atoms with Crippen LogP contribution in [0.15, 0.2) is 42.5 Å². The van der Waals surface area contributed by atoms with Gasteiger partial charge in [-0.25, -0.2) is 0 Å². The summed E-state index contributed by atoms with van der Waals surface area (Å²) in [6, 6.07) is 13.5. The van der Waals surface area contributed by atoms with Gasteiger partial charge in [-0.15, -0.1) is 0 Å². The van der Waals surface area contributed by atoms with Crippen LogP contribution in [-0.2, 0) is 22.6 Å². The third kappa shape index (κ3) is 6.99. The second-order valence-electron chi connectivity index (χ2n) is 9.22. The van der Waals surface area contributed by atoms with E-state index in [9.17, 15) is 9.59 Å². The highest BCUT2D eigenvalue weighted by molar-refractivity contribution is 5.87. The van der Waals surface area contributed by atoms with Gasteiger partial charge in [0.2, 0.25) is 11.8 Å². The summed E-state index contributed by atoms with van der Waals surface area (Å²) in [7, 11) is 3.20. The maximum Gasteiger partial charge on any atom is 0.242 e. The molecule has 1 fully saturated rings. The molecule has 1 aliphatic rings. The fraction of sp³-hybridized carbons (Fsp3) is 0.500. The number of nitrogens with zero attached hydrogens (tertiary/aromatic N) is 1. The largest absolute Gasteiger partial charge is 0.493 e. The lowest BCUT2D eigenvalue weighted by Gasteiger charge is -2.31. The topological polar surface area (TPSA) is 67.9 Å². The van der Waals surface area contributed by atoms with Gasteiger partial charge in [0.05, 0.1) is 14.2 Å². The van der Waals surface area contributed by atoms with Gasteiger partial charge >= 0.3 is 0 Å². The Balaban J connectivity index is 1.72. The Bertz CT molecular complexity index is 969. The van der Waals surface area contributed by atoms with Gasteiger partial charge < -0.3 is 19.7 Å². The van der Waals surface area contributed by atoms with E-state index in [1.165, 1.54) is 6.42 Å².